The van der Waals surface area contributed by atoms with Gasteiger partial charge < -0.3 is 10.5 Å². The van der Waals surface area contributed by atoms with Crippen LogP contribution in [0, 0.1) is 0 Å². The van der Waals surface area contributed by atoms with Gasteiger partial charge in [-0.05, 0) is 20.3 Å². The van der Waals surface area contributed by atoms with Gasteiger partial charge in [0.1, 0.15) is 6.29 Å². The number of nitrogens with two attached hydrogens (primary N) is 1. The van der Waals surface area contributed by atoms with Gasteiger partial charge in [0.15, 0.2) is 0 Å². The molecule has 1 saturated heterocycles. The zero-order valence-corrected chi connectivity index (χ0v) is 7.21. The Morgan fingerprint density at radius 3 is 2.64 bits per heavy atom. The highest BCUT2D eigenvalue weighted by Gasteiger charge is 2.31. The molecule has 0 unspecified atom stereocenters. The Morgan fingerprint density at radius 2 is 2.27 bits per heavy atom. The zero-order valence-electron chi connectivity index (χ0n) is 7.21. The Hall–Kier alpha value is -0.410. The number of nitrogens with zero attached hydrogens (tertiary/aromatic N) is 1. The van der Waals surface area contributed by atoms with Crippen molar-refractivity contribution in [2.45, 2.75) is 31.8 Å². The SMILES string of the molecule is CC(C)(C=O)N1CC[C@H](N)C1. The van der Waals surface area contributed by atoms with Crippen LogP contribution in [0.25, 0.3) is 0 Å². The van der Waals surface area contributed by atoms with Crippen LogP contribution in [0.1, 0.15) is 20.3 Å². The second kappa shape index (κ2) is 2.91. The van der Waals surface area contributed by atoms with E-state index in [1.165, 1.54) is 0 Å². The molecule has 2 N–H and O–H groups in total. The van der Waals surface area contributed by atoms with Gasteiger partial charge in [-0.25, -0.2) is 0 Å². The van der Waals surface area contributed by atoms with Crippen molar-refractivity contribution in [2.24, 2.45) is 5.73 Å². The van der Waals surface area contributed by atoms with Crippen molar-refractivity contribution in [2.75, 3.05) is 13.1 Å². The summed E-state index contributed by atoms with van der Waals surface area (Å²) in [4.78, 5) is 12.8. The molecule has 0 aromatic carbocycles. The van der Waals surface area contributed by atoms with E-state index in [4.69, 9.17) is 5.73 Å². The van der Waals surface area contributed by atoms with E-state index in [1.807, 2.05) is 13.8 Å². The maximum absolute atomic E-state index is 10.6. The predicted molar refractivity (Wildman–Crippen MR) is 44.3 cm³/mol. The van der Waals surface area contributed by atoms with Crippen molar-refractivity contribution in [3.05, 3.63) is 0 Å². The highest BCUT2D eigenvalue weighted by Crippen LogP contribution is 2.17. The normalized spacial score (nSPS) is 27.4. The van der Waals surface area contributed by atoms with Gasteiger partial charge in [-0.15, -0.1) is 0 Å². The molecule has 1 aliphatic heterocycles. The van der Waals surface area contributed by atoms with E-state index < -0.39 is 0 Å². The van der Waals surface area contributed by atoms with Gasteiger partial charge in [0.25, 0.3) is 0 Å². The highest BCUT2D eigenvalue weighted by molar-refractivity contribution is 5.62. The van der Waals surface area contributed by atoms with E-state index >= 15 is 0 Å². The van der Waals surface area contributed by atoms with Crippen molar-refractivity contribution in [1.29, 1.82) is 0 Å². The molecule has 0 saturated carbocycles. The van der Waals surface area contributed by atoms with Gasteiger partial charge in [0.2, 0.25) is 0 Å². The maximum Gasteiger partial charge on any atom is 0.139 e. The molecule has 1 rings (SSSR count). The molecule has 11 heavy (non-hydrogen) atoms. The van der Waals surface area contributed by atoms with Gasteiger partial charge in [-0.3, -0.25) is 4.90 Å². The van der Waals surface area contributed by atoms with E-state index in [9.17, 15) is 4.79 Å². The summed E-state index contributed by atoms with van der Waals surface area (Å²) in [6.07, 6.45) is 2.00. The topological polar surface area (TPSA) is 46.3 Å². The van der Waals surface area contributed by atoms with E-state index in [0.717, 1.165) is 25.8 Å². The Bertz CT molecular complexity index is 156. The molecule has 1 heterocycles. The van der Waals surface area contributed by atoms with Crippen LogP contribution in [0.2, 0.25) is 0 Å². The van der Waals surface area contributed by atoms with E-state index in [2.05, 4.69) is 4.90 Å². The molecular formula is C8H16N2O. The minimum Gasteiger partial charge on any atom is -0.326 e. The van der Waals surface area contributed by atoms with Crippen LogP contribution < -0.4 is 5.73 Å². The molecule has 0 aromatic rings. The van der Waals surface area contributed by atoms with Crippen molar-refractivity contribution in [1.82, 2.24) is 4.90 Å². The third-order valence-corrected chi connectivity index (χ3v) is 2.33. The van der Waals surface area contributed by atoms with Crippen LogP contribution in [0.5, 0.6) is 0 Å². The highest BCUT2D eigenvalue weighted by atomic mass is 16.1. The lowest BCUT2D eigenvalue weighted by atomic mass is 10.1. The van der Waals surface area contributed by atoms with E-state index in [0.29, 0.717) is 0 Å². The fourth-order valence-corrected chi connectivity index (χ4v) is 1.39. The largest absolute Gasteiger partial charge is 0.326 e. The van der Waals surface area contributed by atoms with Crippen molar-refractivity contribution >= 4 is 6.29 Å². The quantitative estimate of drug-likeness (QED) is 0.572. The third kappa shape index (κ3) is 1.79. The summed E-state index contributed by atoms with van der Waals surface area (Å²) >= 11 is 0. The fraction of sp³-hybridized carbons (Fsp3) is 0.875. The Morgan fingerprint density at radius 1 is 1.64 bits per heavy atom. The molecule has 1 atom stereocenters. The van der Waals surface area contributed by atoms with Crippen LogP contribution in [0.4, 0.5) is 0 Å². The summed E-state index contributed by atoms with van der Waals surface area (Å²) in [5, 5.41) is 0. The van der Waals surface area contributed by atoms with Crippen LogP contribution in [-0.4, -0.2) is 35.9 Å². The Balaban J connectivity index is 2.55. The van der Waals surface area contributed by atoms with Crippen LogP contribution in [0.15, 0.2) is 0 Å². The summed E-state index contributed by atoms with van der Waals surface area (Å²) in [5.41, 5.74) is 5.39. The minimum absolute atomic E-state index is 0.259. The van der Waals surface area contributed by atoms with Gasteiger partial charge >= 0.3 is 0 Å². The Kier molecular flexibility index (Phi) is 2.30. The molecule has 0 spiro atoms. The molecule has 0 bridgehead atoms. The van der Waals surface area contributed by atoms with Gasteiger partial charge in [0.05, 0.1) is 5.54 Å². The molecule has 0 radical (unpaired) electrons. The predicted octanol–water partition coefficient (Wildman–Crippen LogP) is -0.00310. The first kappa shape index (κ1) is 8.68. The first-order valence-electron chi connectivity index (χ1n) is 4.03. The lowest BCUT2D eigenvalue weighted by Crippen LogP contribution is -2.44. The number of rotatable bonds is 2. The summed E-state index contributed by atoms with van der Waals surface area (Å²) in [6.45, 7) is 5.66. The van der Waals surface area contributed by atoms with Gasteiger partial charge in [-0.1, -0.05) is 0 Å². The van der Waals surface area contributed by atoms with Crippen molar-refractivity contribution in [3.63, 3.8) is 0 Å². The lowest BCUT2D eigenvalue weighted by molar-refractivity contribution is -0.116. The summed E-state index contributed by atoms with van der Waals surface area (Å²) in [5.74, 6) is 0. The van der Waals surface area contributed by atoms with Crippen molar-refractivity contribution in [3.8, 4) is 0 Å². The second-order valence-electron chi connectivity index (χ2n) is 3.77. The monoisotopic (exact) mass is 156 g/mol. The average Bonchev–Trinajstić information content (AvgIpc) is 2.36. The molecule has 3 heteroatoms. The maximum atomic E-state index is 10.6. The first-order valence-corrected chi connectivity index (χ1v) is 4.03. The third-order valence-electron chi connectivity index (χ3n) is 2.33. The van der Waals surface area contributed by atoms with Crippen molar-refractivity contribution < 1.29 is 4.79 Å². The second-order valence-corrected chi connectivity index (χ2v) is 3.77. The number of carbonyl (C=O) groups is 1. The molecule has 3 nitrogen and oxygen atoms in total. The summed E-state index contributed by atoms with van der Waals surface area (Å²) in [6, 6.07) is 0.259. The number of carbonyl (C=O) groups excluding carboxylic acids is 1. The van der Waals surface area contributed by atoms with E-state index in [1.54, 1.807) is 0 Å². The van der Waals surface area contributed by atoms with Gasteiger partial charge in [-0.2, -0.15) is 0 Å². The lowest BCUT2D eigenvalue weighted by Gasteiger charge is -2.29. The summed E-state index contributed by atoms with van der Waals surface area (Å²) in [7, 11) is 0. The molecule has 0 amide bonds. The molecule has 0 aromatic heterocycles. The smallest absolute Gasteiger partial charge is 0.139 e. The average molecular weight is 156 g/mol. The van der Waals surface area contributed by atoms with Crippen LogP contribution >= 0.6 is 0 Å². The molecule has 64 valence electrons. The zero-order chi connectivity index (χ0) is 8.48. The van der Waals surface area contributed by atoms with Gasteiger partial charge in [0, 0.05) is 19.1 Å². The molecule has 0 aliphatic carbocycles. The van der Waals surface area contributed by atoms with E-state index in [-0.39, 0.29) is 11.6 Å². The van der Waals surface area contributed by atoms with Crippen LogP contribution in [0.3, 0.4) is 0 Å². The number of hydrogen-bond donors (Lipinski definition) is 1. The molecular weight excluding hydrogens is 140 g/mol. The van der Waals surface area contributed by atoms with Crippen LogP contribution in [-0.2, 0) is 4.79 Å². The molecule has 1 fully saturated rings. The minimum atomic E-state index is -0.325. The fourth-order valence-electron chi connectivity index (χ4n) is 1.39. The number of likely N-dealkylation sites (tertiary alicyclic amines) is 1. The Labute approximate surface area is 67.5 Å². The summed E-state index contributed by atoms with van der Waals surface area (Å²) < 4.78 is 0. The first-order chi connectivity index (χ1) is 5.06. The number of hydrogen-bond acceptors (Lipinski definition) is 3. The molecule has 1 aliphatic rings. The standard InChI is InChI=1S/C8H16N2O/c1-8(2,6-11)10-4-3-7(9)5-10/h6-7H,3-5,9H2,1-2H3/t7-/m0/s1. The number of aldehydes is 1.